The van der Waals surface area contributed by atoms with Crippen LogP contribution in [0.2, 0.25) is 0 Å². The van der Waals surface area contributed by atoms with Crippen molar-refractivity contribution in [2.75, 3.05) is 7.11 Å². The van der Waals surface area contributed by atoms with E-state index in [9.17, 15) is 9.59 Å². The lowest BCUT2D eigenvalue weighted by Crippen LogP contribution is -2.13. The minimum Gasteiger partial charge on any atom is -0.469 e. The van der Waals surface area contributed by atoms with E-state index in [4.69, 9.17) is 4.74 Å². The average molecular weight is 355 g/mol. The number of unbranched alkanes of at least 4 members (excludes halogenated alkanes) is 9. The molecule has 0 spiro atoms. The molecule has 0 aliphatic heterocycles. The van der Waals surface area contributed by atoms with Gasteiger partial charge in [0, 0.05) is 13.3 Å². The summed E-state index contributed by atoms with van der Waals surface area (Å²) in [5, 5.41) is 0. The Balaban J connectivity index is 3.82. The summed E-state index contributed by atoms with van der Waals surface area (Å²) in [5.41, 5.74) is 0. The highest BCUT2D eigenvalue weighted by molar-refractivity contribution is 5.69. The van der Waals surface area contributed by atoms with Crippen molar-refractivity contribution in [2.45, 2.75) is 103 Å². The molecule has 146 valence electrons. The normalized spacial score (nSPS) is 12.3. The summed E-state index contributed by atoms with van der Waals surface area (Å²) in [6.45, 7) is 3.70. The molecular weight excluding hydrogens is 316 g/mol. The molecule has 25 heavy (non-hydrogen) atoms. The second-order valence-electron chi connectivity index (χ2n) is 6.66. The van der Waals surface area contributed by atoms with Crippen LogP contribution >= 0.6 is 0 Å². The van der Waals surface area contributed by atoms with Gasteiger partial charge in [-0.05, 0) is 38.2 Å². The summed E-state index contributed by atoms with van der Waals surface area (Å²) in [7, 11) is 1.42. The predicted molar refractivity (Wildman–Crippen MR) is 102 cm³/mol. The smallest absolute Gasteiger partial charge is 0.305 e. The van der Waals surface area contributed by atoms with Crippen molar-refractivity contribution < 1.29 is 19.1 Å². The van der Waals surface area contributed by atoms with Gasteiger partial charge in [-0.25, -0.2) is 0 Å². The van der Waals surface area contributed by atoms with Gasteiger partial charge in [0.25, 0.3) is 0 Å². The van der Waals surface area contributed by atoms with E-state index in [1.807, 2.05) is 6.08 Å². The van der Waals surface area contributed by atoms with E-state index in [0.29, 0.717) is 6.42 Å². The molecule has 0 N–H and O–H groups in total. The topological polar surface area (TPSA) is 52.6 Å². The summed E-state index contributed by atoms with van der Waals surface area (Å²) >= 11 is 0. The fourth-order valence-electron chi connectivity index (χ4n) is 2.77. The first-order valence-electron chi connectivity index (χ1n) is 10.0. The van der Waals surface area contributed by atoms with Gasteiger partial charge in [0.2, 0.25) is 0 Å². The highest BCUT2D eigenvalue weighted by Crippen LogP contribution is 2.13. The number of carbonyl (C=O) groups excluding carboxylic acids is 2. The van der Waals surface area contributed by atoms with Crippen molar-refractivity contribution in [3.05, 3.63) is 12.2 Å². The Bertz CT molecular complexity index is 363. The van der Waals surface area contributed by atoms with Gasteiger partial charge in [-0.15, -0.1) is 0 Å². The van der Waals surface area contributed by atoms with E-state index >= 15 is 0 Å². The highest BCUT2D eigenvalue weighted by atomic mass is 16.5. The lowest BCUT2D eigenvalue weighted by molar-refractivity contribution is -0.144. The van der Waals surface area contributed by atoms with Gasteiger partial charge in [-0.1, -0.05) is 57.9 Å². The third-order valence-electron chi connectivity index (χ3n) is 4.24. The number of ether oxygens (including phenoxy) is 2. The molecule has 0 rings (SSSR count). The van der Waals surface area contributed by atoms with Gasteiger partial charge in [-0.2, -0.15) is 0 Å². The van der Waals surface area contributed by atoms with E-state index < -0.39 is 0 Å². The van der Waals surface area contributed by atoms with Gasteiger partial charge >= 0.3 is 11.9 Å². The van der Waals surface area contributed by atoms with Crippen LogP contribution in [0.15, 0.2) is 12.2 Å². The quantitative estimate of drug-likeness (QED) is 0.201. The standard InChI is InChI=1S/C21H38O4/c1-4-5-6-7-8-9-10-13-16-20(25-19(2)22)17-14-11-12-15-18-21(23)24-3/h13,16,20H,4-12,14-15,17-18H2,1-3H3/b16-13-. The van der Waals surface area contributed by atoms with Crippen LogP contribution in [0.3, 0.4) is 0 Å². The van der Waals surface area contributed by atoms with E-state index in [-0.39, 0.29) is 18.0 Å². The van der Waals surface area contributed by atoms with Crippen LogP contribution in [0, 0.1) is 0 Å². The van der Waals surface area contributed by atoms with E-state index in [2.05, 4.69) is 17.7 Å². The van der Waals surface area contributed by atoms with Crippen molar-refractivity contribution in [3.63, 3.8) is 0 Å². The molecule has 4 nitrogen and oxygen atoms in total. The van der Waals surface area contributed by atoms with Crippen LogP contribution < -0.4 is 0 Å². The van der Waals surface area contributed by atoms with Crippen LogP contribution in [0.5, 0.6) is 0 Å². The minimum absolute atomic E-state index is 0.113. The Morgan fingerprint density at radius 2 is 1.56 bits per heavy atom. The zero-order chi connectivity index (χ0) is 18.8. The second-order valence-corrected chi connectivity index (χ2v) is 6.66. The first-order chi connectivity index (χ1) is 12.1. The molecule has 0 bridgehead atoms. The molecule has 0 aliphatic rings. The third kappa shape index (κ3) is 17.3. The zero-order valence-corrected chi connectivity index (χ0v) is 16.6. The number of allylic oxidation sites excluding steroid dienone is 1. The van der Waals surface area contributed by atoms with Crippen LogP contribution in [0.4, 0.5) is 0 Å². The van der Waals surface area contributed by atoms with E-state index in [0.717, 1.165) is 38.5 Å². The van der Waals surface area contributed by atoms with Gasteiger partial charge in [0.15, 0.2) is 0 Å². The summed E-state index contributed by atoms with van der Waals surface area (Å²) < 4.78 is 10.00. The largest absolute Gasteiger partial charge is 0.469 e. The molecule has 0 aromatic heterocycles. The number of methoxy groups -OCH3 is 1. The third-order valence-corrected chi connectivity index (χ3v) is 4.24. The molecule has 0 aromatic carbocycles. The molecule has 0 heterocycles. The molecule has 0 fully saturated rings. The summed E-state index contributed by atoms with van der Waals surface area (Å²) in [5.74, 6) is -0.365. The predicted octanol–water partition coefficient (Wildman–Crippen LogP) is 5.74. The SMILES string of the molecule is CCCCCCCC/C=C\C(CCCCCCC(=O)OC)OC(C)=O. The summed E-state index contributed by atoms with van der Waals surface area (Å²) in [6, 6.07) is 0. The Hall–Kier alpha value is -1.32. The lowest BCUT2D eigenvalue weighted by atomic mass is 10.1. The molecule has 0 radical (unpaired) electrons. The van der Waals surface area contributed by atoms with Crippen molar-refractivity contribution >= 4 is 11.9 Å². The molecule has 0 saturated heterocycles. The summed E-state index contributed by atoms with van der Waals surface area (Å²) in [6.07, 6.45) is 18.2. The number of esters is 2. The van der Waals surface area contributed by atoms with Crippen LogP contribution in [0.1, 0.15) is 97.3 Å². The Labute approximate surface area is 154 Å². The maximum Gasteiger partial charge on any atom is 0.305 e. The average Bonchev–Trinajstić information content (AvgIpc) is 2.59. The molecule has 0 amide bonds. The number of rotatable bonds is 16. The van der Waals surface area contributed by atoms with Crippen molar-refractivity contribution in [1.29, 1.82) is 0 Å². The number of carbonyl (C=O) groups is 2. The Kier molecular flexibility index (Phi) is 16.6. The Morgan fingerprint density at radius 3 is 2.24 bits per heavy atom. The maximum atomic E-state index is 11.2. The number of hydrogen-bond acceptors (Lipinski definition) is 4. The Morgan fingerprint density at radius 1 is 0.920 bits per heavy atom. The van der Waals surface area contributed by atoms with Gasteiger partial charge in [0.05, 0.1) is 7.11 Å². The minimum atomic E-state index is -0.222. The van der Waals surface area contributed by atoms with E-state index in [1.165, 1.54) is 52.6 Å². The molecule has 0 aromatic rings. The van der Waals surface area contributed by atoms with Crippen molar-refractivity contribution in [3.8, 4) is 0 Å². The van der Waals surface area contributed by atoms with Crippen molar-refractivity contribution in [2.24, 2.45) is 0 Å². The van der Waals surface area contributed by atoms with Gasteiger partial charge in [0.1, 0.15) is 6.10 Å². The molecule has 0 aliphatic carbocycles. The maximum absolute atomic E-state index is 11.2. The lowest BCUT2D eigenvalue weighted by Gasteiger charge is -2.13. The molecule has 0 saturated carbocycles. The fourth-order valence-corrected chi connectivity index (χ4v) is 2.77. The fraction of sp³-hybridized carbons (Fsp3) is 0.810. The van der Waals surface area contributed by atoms with Gasteiger partial charge < -0.3 is 9.47 Å². The highest BCUT2D eigenvalue weighted by Gasteiger charge is 2.08. The van der Waals surface area contributed by atoms with E-state index in [1.54, 1.807) is 0 Å². The first kappa shape index (κ1) is 23.7. The molecule has 1 unspecified atom stereocenters. The first-order valence-corrected chi connectivity index (χ1v) is 10.0. The summed E-state index contributed by atoms with van der Waals surface area (Å²) in [4.78, 5) is 22.3. The van der Waals surface area contributed by atoms with Crippen LogP contribution in [-0.4, -0.2) is 25.2 Å². The molecular formula is C21H38O4. The second kappa shape index (κ2) is 17.5. The van der Waals surface area contributed by atoms with Crippen LogP contribution in [-0.2, 0) is 19.1 Å². The zero-order valence-electron chi connectivity index (χ0n) is 16.6. The van der Waals surface area contributed by atoms with Crippen molar-refractivity contribution in [1.82, 2.24) is 0 Å². The molecule has 1 atom stereocenters. The number of hydrogen-bond donors (Lipinski definition) is 0. The molecule has 4 heteroatoms. The van der Waals surface area contributed by atoms with Crippen LogP contribution in [0.25, 0.3) is 0 Å². The van der Waals surface area contributed by atoms with Gasteiger partial charge in [-0.3, -0.25) is 9.59 Å². The monoisotopic (exact) mass is 354 g/mol.